The third-order valence-electron chi connectivity index (χ3n) is 5.14. The summed E-state index contributed by atoms with van der Waals surface area (Å²) >= 11 is 0. The van der Waals surface area contributed by atoms with Gasteiger partial charge in [0.25, 0.3) is 0 Å². The van der Waals surface area contributed by atoms with Crippen LogP contribution in [-0.2, 0) is 11.8 Å². The summed E-state index contributed by atoms with van der Waals surface area (Å²) in [7, 11) is 0. The summed E-state index contributed by atoms with van der Waals surface area (Å²) in [4.78, 5) is 0. The number of benzene rings is 2. The molecule has 0 aliphatic heterocycles. The fourth-order valence-corrected chi connectivity index (χ4v) is 3.46. The van der Waals surface area contributed by atoms with Gasteiger partial charge in [-0.15, -0.1) is 0 Å². The Morgan fingerprint density at radius 2 is 0.559 bits per heavy atom. The van der Waals surface area contributed by atoms with Crippen LogP contribution in [0.25, 0.3) is 0 Å². The highest BCUT2D eigenvalue weighted by Crippen LogP contribution is 2.63. The van der Waals surface area contributed by atoms with Gasteiger partial charge in [0.1, 0.15) is 0 Å². The predicted octanol–water partition coefficient (Wildman–Crippen LogP) is 8.35. The molecule has 0 bridgehead atoms. The molecule has 0 aliphatic rings. The molecule has 0 aliphatic carbocycles. The van der Waals surface area contributed by atoms with Gasteiger partial charge < -0.3 is 0 Å². The SMILES string of the molecule is Cc1cc(C)cc(C(F)(F)C(F)(F)C(F)(F)C(F)(F)C(F)(F)C(F)(F)c2cc(C)cc(C)c2)c1. The zero-order chi connectivity index (χ0) is 26.7. The molecule has 2 rings (SSSR count). The molecule has 0 radical (unpaired) electrons. The van der Waals surface area contributed by atoms with Gasteiger partial charge in [0.2, 0.25) is 0 Å². The molecule has 2 aromatic carbocycles. The van der Waals surface area contributed by atoms with Crippen LogP contribution in [0.15, 0.2) is 36.4 Å². The van der Waals surface area contributed by atoms with Crippen LogP contribution < -0.4 is 0 Å². The predicted molar refractivity (Wildman–Crippen MR) is 99.4 cm³/mol. The van der Waals surface area contributed by atoms with E-state index in [2.05, 4.69) is 0 Å². The third kappa shape index (κ3) is 3.92. The second-order valence-electron chi connectivity index (χ2n) is 8.20. The van der Waals surface area contributed by atoms with Gasteiger partial charge in [-0.3, -0.25) is 0 Å². The van der Waals surface area contributed by atoms with Crippen molar-refractivity contribution in [1.29, 1.82) is 0 Å². The molecule has 0 nitrogen and oxygen atoms in total. The van der Waals surface area contributed by atoms with E-state index < -0.39 is 46.7 Å². The van der Waals surface area contributed by atoms with Crippen molar-refractivity contribution in [2.45, 2.75) is 63.2 Å². The molecule has 34 heavy (non-hydrogen) atoms. The first-order valence-corrected chi connectivity index (χ1v) is 9.48. The summed E-state index contributed by atoms with van der Waals surface area (Å²) in [5.41, 5.74) is -4.40. The topological polar surface area (TPSA) is 0 Å². The summed E-state index contributed by atoms with van der Waals surface area (Å²) in [6, 6.07) is 3.36. The molecule has 0 saturated carbocycles. The largest absolute Gasteiger partial charge is 0.385 e. The number of hydrogen-bond donors (Lipinski definition) is 0. The molecular formula is C22H18F12. The number of alkyl halides is 12. The van der Waals surface area contributed by atoms with E-state index in [4.69, 9.17) is 0 Å². The number of aryl methyl sites for hydroxylation is 4. The summed E-state index contributed by atoms with van der Waals surface area (Å²) in [6.45, 7) is 4.37. The maximum Gasteiger partial charge on any atom is 0.385 e. The van der Waals surface area contributed by atoms with Crippen LogP contribution in [0.2, 0.25) is 0 Å². The first kappa shape index (κ1) is 27.8. The van der Waals surface area contributed by atoms with Gasteiger partial charge in [0.15, 0.2) is 0 Å². The zero-order valence-electron chi connectivity index (χ0n) is 18.0. The second-order valence-corrected chi connectivity index (χ2v) is 8.20. The smallest absolute Gasteiger partial charge is 0.194 e. The molecule has 0 atom stereocenters. The van der Waals surface area contributed by atoms with Gasteiger partial charge in [0, 0.05) is 11.1 Å². The van der Waals surface area contributed by atoms with Crippen LogP contribution in [-0.4, -0.2) is 23.7 Å². The summed E-state index contributed by atoms with van der Waals surface area (Å²) < 4.78 is 172. The van der Waals surface area contributed by atoms with Crippen molar-refractivity contribution in [3.63, 3.8) is 0 Å². The van der Waals surface area contributed by atoms with E-state index in [1.54, 1.807) is 0 Å². The van der Waals surface area contributed by atoms with E-state index in [1.807, 2.05) is 0 Å². The van der Waals surface area contributed by atoms with Crippen LogP contribution in [0.4, 0.5) is 52.7 Å². The molecule has 190 valence electrons. The van der Waals surface area contributed by atoms with Crippen molar-refractivity contribution in [3.8, 4) is 0 Å². The summed E-state index contributed by atoms with van der Waals surface area (Å²) in [5.74, 6) is -41.9. The van der Waals surface area contributed by atoms with Gasteiger partial charge in [-0.05, 0) is 52.0 Å². The van der Waals surface area contributed by atoms with Crippen LogP contribution in [0, 0.1) is 27.7 Å². The lowest BCUT2D eigenvalue weighted by atomic mass is 9.86. The Morgan fingerprint density at radius 3 is 0.765 bits per heavy atom. The van der Waals surface area contributed by atoms with E-state index in [0.717, 1.165) is 39.8 Å². The number of halogens is 12. The molecule has 0 N–H and O–H groups in total. The van der Waals surface area contributed by atoms with E-state index in [9.17, 15) is 52.7 Å². The minimum Gasteiger partial charge on any atom is -0.194 e. The maximum atomic E-state index is 14.4. The van der Waals surface area contributed by atoms with Crippen molar-refractivity contribution in [1.82, 2.24) is 0 Å². The Hall–Kier alpha value is -2.40. The standard InChI is InChI=1S/C22H18F12/c1-11-5-12(2)8-15(7-11)17(23,24)19(27,28)21(31,32)22(33,34)20(29,30)18(25,26)16-9-13(3)6-14(4)10-16/h5-10H,1-4H3. The highest BCUT2D eigenvalue weighted by atomic mass is 19.4. The van der Waals surface area contributed by atoms with E-state index >= 15 is 0 Å². The Kier molecular flexibility index (Phi) is 6.62. The first-order valence-electron chi connectivity index (χ1n) is 9.48. The maximum absolute atomic E-state index is 14.4. The van der Waals surface area contributed by atoms with E-state index in [-0.39, 0.29) is 46.5 Å². The van der Waals surface area contributed by atoms with E-state index in [0.29, 0.717) is 0 Å². The highest BCUT2D eigenvalue weighted by Gasteiger charge is 2.90. The summed E-state index contributed by atoms with van der Waals surface area (Å²) in [6.07, 6.45) is 0. The lowest BCUT2D eigenvalue weighted by Gasteiger charge is -2.41. The van der Waals surface area contributed by atoms with Gasteiger partial charge in [0.05, 0.1) is 0 Å². The van der Waals surface area contributed by atoms with Crippen LogP contribution in [0.1, 0.15) is 33.4 Å². The van der Waals surface area contributed by atoms with Crippen LogP contribution in [0.5, 0.6) is 0 Å². The Morgan fingerprint density at radius 1 is 0.353 bits per heavy atom. The van der Waals surface area contributed by atoms with Crippen molar-refractivity contribution in [2.24, 2.45) is 0 Å². The molecule has 0 heterocycles. The van der Waals surface area contributed by atoms with Gasteiger partial charge in [-0.1, -0.05) is 34.4 Å². The first-order chi connectivity index (χ1) is 15.0. The fourth-order valence-electron chi connectivity index (χ4n) is 3.46. The fraction of sp³-hybridized carbons (Fsp3) is 0.455. The van der Waals surface area contributed by atoms with Gasteiger partial charge in [-0.25, -0.2) is 0 Å². The van der Waals surface area contributed by atoms with Crippen molar-refractivity contribution < 1.29 is 52.7 Å². The van der Waals surface area contributed by atoms with Crippen molar-refractivity contribution >= 4 is 0 Å². The molecule has 0 fully saturated rings. The van der Waals surface area contributed by atoms with Crippen LogP contribution >= 0.6 is 0 Å². The molecule has 12 heteroatoms. The molecule has 0 unspecified atom stereocenters. The minimum absolute atomic E-state index is 0.160. The number of hydrogen-bond acceptors (Lipinski definition) is 0. The van der Waals surface area contributed by atoms with Crippen molar-refractivity contribution in [2.75, 3.05) is 0 Å². The van der Waals surface area contributed by atoms with Gasteiger partial charge in [-0.2, -0.15) is 52.7 Å². The zero-order valence-corrected chi connectivity index (χ0v) is 18.0. The summed E-state index contributed by atoms with van der Waals surface area (Å²) in [5, 5.41) is 0. The second kappa shape index (κ2) is 8.08. The molecule has 0 amide bonds. The quantitative estimate of drug-likeness (QED) is 0.329. The third-order valence-corrected chi connectivity index (χ3v) is 5.14. The minimum atomic E-state index is -7.62. The monoisotopic (exact) mass is 510 g/mol. The van der Waals surface area contributed by atoms with E-state index in [1.165, 1.54) is 0 Å². The Bertz CT molecular complexity index is 944. The Labute approximate surface area is 186 Å². The Balaban J connectivity index is 2.67. The average molecular weight is 510 g/mol. The highest BCUT2D eigenvalue weighted by molar-refractivity contribution is 5.36. The van der Waals surface area contributed by atoms with Crippen LogP contribution in [0.3, 0.4) is 0 Å². The molecule has 0 saturated heterocycles. The molecular weight excluding hydrogens is 492 g/mol. The lowest BCUT2D eigenvalue weighted by molar-refractivity contribution is -0.429. The average Bonchev–Trinajstić information content (AvgIpc) is 2.65. The molecule has 0 spiro atoms. The number of rotatable bonds is 7. The van der Waals surface area contributed by atoms with Gasteiger partial charge >= 0.3 is 35.5 Å². The lowest BCUT2D eigenvalue weighted by Crippen LogP contribution is -2.69. The molecule has 2 aromatic rings. The molecule has 0 aromatic heterocycles. The van der Waals surface area contributed by atoms with Crippen molar-refractivity contribution in [3.05, 3.63) is 69.8 Å². The normalized spacial score (nSPS) is 14.5.